The number of hydrogen-bond acceptors (Lipinski definition) is 3. The van der Waals surface area contributed by atoms with Gasteiger partial charge in [-0.2, -0.15) is 0 Å². The Hall–Kier alpha value is -0.740. The third-order valence-electron chi connectivity index (χ3n) is 2.33. The Morgan fingerprint density at radius 1 is 1.33 bits per heavy atom. The van der Waals surface area contributed by atoms with Crippen LogP contribution in [0.25, 0.3) is 0 Å². The lowest BCUT2D eigenvalue weighted by atomic mass is 9.94. The highest BCUT2D eigenvalue weighted by atomic mass is 79.9. The number of aromatic hydroxyl groups is 2. The Bertz CT molecular complexity index is 353. The number of nitrogens with two attached hydrogens (primary N) is 1. The summed E-state index contributed by atoms with van der Waals surface area (Å²) in [6.45, 7) is 3.90. The van der Waals surface area contributed by atoms with Crippen LogP contribution in [-0.2, 0) is 0 Å². The molecule has 0 aliphatic rings. The minimum absolute atomic E-state index is 0.0699. The van der Waals surface area contributed by atoms with Crippen molar-refractivity contribution in [3.8, 4) is 11.5 Å². The minimum atomic E-state index is 0.0699. The molecule has 2 unspecified atom stereocenters. The van der Waals surface area contributed by atoms with Crippen molar-refractivity contribution in [1.82, 2.24) is 0 Å². The molecule has 0 aromatic heterocycles. The van der Waals surface area contributed by atoms with E-state index < -0.39 is 0 Å². The van der Waals surface area contributed by atoms with Gasteiger partial charge in [-0.15, -0.1) is 0 Å². The second-order valence-corrected chi connectivity index (χ2v) is 4.83. The molecule has 0 aliphatic carbocycles. The van der Waals surface area contributed by atoms with E-state index in [1.165, 1.54) is 6.07 Å². The molecule has 84 valence electrons. The lowest BCUT2D eigenvalue weighted by molar-refractivity contribution is 0.441. The molecule has 0 heterocycles. The smallest absolute Gasteiger partial charge is 0.133 e. The van der Waals surface area contributed by atoms with Crippen LogP contribution in [-0.4, -0.2) is 16.3 Å². The summed E-state index contributed by atoms with van der Waals surface area (Å²) in [6.07, 6.45) is 0.767. The van der Waals surface area contributed by atoms with E-state index in [-0.39, 0.29) is 23.5 Å². The summed E-state index contributed by atoms with van der Waals surface area (Å²) in [7, 11) is 0. The van der Waals surface area contributed by atoms with E-state index in [0.717, 1.165) is 12.0 Å². The van der Waals surface area contributed by atoms with E-state index in [2.05, 4.69) is 15.9 Å². The van der Waals surface area contributed by atoms with Crippen LogP contribution >= 0.6 is 15.9 Å². The highest BCUT2D eigenvalue weighted by Crippen LogP contribution is 2.37. The summed E-state index contributed by atoms with van der Waals surface area (Å²) in [5, 5.41) is 19.2. The SMILES string of the molecule is CC(N)CC(C)c1cc(O)cc(Br)c1O. The van der Waals surface area contributed by atoms with Gasteiger partial charge in [0.25, 0.3) is 0 Å². The number of phenolic OH excluding ortho intramolecular Hbond substituents is 2. The summed E-state index contributed by atoms with van der Waals surface area (Å²) >= 11 is 3.19. The molecule has 0 bridgehead atoms. The first kappa shape index (κ1) is 12.3. The normalized spacial score (nSPS) is 14.9. The standard InChI is InChI=1S/C11H16BrNO2/c1-6(3-7(2)13)9-4-8(14)5-10(12)11(9)15/h4-7,14-15H,3,13H2,1-2H3. The molecular formula is C11H16BrNO2. The van der Waals surface area contributed by atoms with Crippen molar-refractivity contribution in [1.29, 1.82) is 0 Å². The lowest BCUT2D eigenvalue weighted by Crippen LogP contribution is -2.17. The van der Waals surface area contributed by atoms with Crippen LogP contribution in [0.4, 0.5) is 0 Å². The first-order valence-corrected chi connectivity index (χ1v) is 5.68. The zero-order chi connectivity index (χ0) is 11.6. The third kappa shape index (κ3) is 3.11. The van der Waals surface area contributed by atoms with Crippen molar-refractivity contribution in [2.45, 2.75) is 32.2 Å². The molecule has 4 heteroatoms. The molecule has 4 N–H and O–H groups in total. The number of halogens is 1. The monoisotopic (exact) mass is 273 g/mol. The van der Waals surface area contributed by atoms with Gasteiger partial charge in [0.2, 0.25) is 0 Å². The molecule has 0 spiro atoms. The fourth-order valence-corrected chi connectivity index (χ4v) is 2.13. The van der Waals surface area contributed by atoms with Gasteiger partial charge in [-0.1, -0.05) is 6.92 Å². The number of rotatable bonds is 3. The average Bonchev–Trinajstić information content (AvgIpc) is 2.09. The van der Waals surface area contributed by atoms with Gasteiger partial charge >= 0.3 is 0 Å². The maximum absolute atomic E-state index is 9.81. The third-order valence-corrected chi connectivity index (χ3v) is 2.94. The second kappa shape index (κ2) is 4.86. The van der Waals surface area contributed by atoms with E-state index in [1.807, 2.05) is 13.8 Å². The Morgan fingerprint density at radius 2 is 1.93 bits per heavy atom. The van der Waals surface area contributed by atoms with Gasteiger partial charge in [-0.05, 0) is 47.3 Å². The van der Waals surface area contributed by atoms with Gasteiger partial charge in [-0.25, -0.2) is 0 Å². The zero-order valence-electron chi connectivity index (χ0n) is 8.87. The van der Waals surface area contributed by atoms with Crippen molar-refractivity contribution < 1.29 is 10.2 Å². The number of benzene rings is 1. The molecule has 1 aromatic carbocycles. The molecular weight excluding hydrogens is 258 g/mol. The predicted octanol–water partition coefficient (Wildman–Crippen LogP) is 2.70. The Labute approximate surface area is 98.1 Å². The fourth-order valence-electron chi connectivity index (χ4n) is 1.67. The van der Waals surface area contributed by atoms with E-state index in [1.54, 1.807) is 6.07 Å². The average molecular weight is 274 g/mol. The van der Waals surface area contributed by atoms with Crippen LogP contribution in [0, 0.1) is 0 Å². The van der Waals surface area contributed by atoms with Crippen molar-refractivity contribution in [2.24, 2.45) is 5.73 Å². The second-order valence-electron chi connectivity index (χ2n) is 3.98. The molecule has 1 aromatic rings. The molecule has 1 rings (SSSR count). The lowest BCUT2D eigenvalue weighted by Gasteiger charge is -2.16. The molecule has 2 atom stereocenters. The molecule has 0 fully saturated rings. The van der Waals surface area contributed by atoms with Crippen LogP contribution in [0.2, 0.25) is 0 Å². The fraction of sp³-hybridized carbons (Fsp3) is 0.455. The molecule has 0 saturated heterocycles. The highest BCUT2D eigenvalue weighted by molar-refractivity contribution is 9.10. The summed E-state index contributed by atoms with van der Waals surface area (Å²) in [5.74, 6) is 0.445. The van der Waals surface area contributed by atoms with Gasteiger partial charge in [-0.3, -0.25) is 0 Å². The van der Waals surface area contributed by atoms with Crippen LogP contribution in [0.15, 0.2) is 16.6 Å². The molecule has 0 saturated carbocycles. The molecule has 0 aliphatic heterocycles. The minimum Gasteiger partial charge on any atom is -0.508 e. The molecule has 3 nitrogen and oxygen atoms in total. The Morgan fingerprint density at radius 3 is 2.47 bits per heavy atom. The summed E-state index contributed by atoms with van der Waals surface area (Å²) in [5.41, 5.74) is 6.42. The van der Waals surface area contributed by atoms with E-state index in [0.29, 0.717) is 4.47 Å². The molecule has 0 radical (unpaired) electrons. The van der Waals surface area contributed by atoms with Crippen LogP contribution in [0.5, 0.6) is 11.5 Å². The summed E-state index contributed by atoms with van der Waals surface area (Å²) < 4.78 is 0.508. The van der Waals surface area contributed by atoms with Gasteiger partial charge in [0.05, 0.1) is 4.47 Å². The number of phenols is 2. The van der Waals surface area contributed by atoms with Crippen molar-refractivity contribution in [3.63, 3.8) is 0 Å². The van der Waals surface area contributed by atoms with Crippen LogP contribution in [0.1, 0.15) is 31.7 Å². The van der Waals surface area contributed by atoms with Crippen LogP contribution < -0.4 is 5.73 Å². The zero-order valence-corrected chi connectivity index (χ0v) is 10.5. The van der Waals surface area contributed by atoms with Gasteiger partial charge in [0.1, 0.15) is 11.5 Å². The van der Waals surface area contributed by atoms with Crippen molar-refractivity contribution in [3.05, 3.63) is 22.2 Å². The van der Waals surface area contributed by atoms with Gasteiger partial charge in [0.15, 0.2) is 0 Å². The maximum atomic E-state index is 9.81. The van der Waals surface area contributed by atoms with Gasteiger partial charge in [0, 0.05) is 11.6 Å². The first-order chi connectivity index (χ1) is 6.91. The van der Waals surface area contributed by atoms with E-state index in [9.17, 15) is 10.2 Å². The first-order valence-electron chi connectivity index (χ1n) is 4.88. The summed E-state index contributed by atoms with van der Waals surface area (Å²) in [4.78, 5) is 0. The molecule has 0 amide bonds. The molecule has 15 heavy (non-hydrogen) atoms. The summed E-state index contributed by atoms with van der Waals surface area (Å²) in [6, 6.07) is 3.12. The van der Waals surface area contributed by atoms with Crippen molar-refractivity contribution in [2.75, 3.05) is 0 Å². The highest BCUT2D eigenvalue weighted by Gasteiger charge is 2.15. The Balaban J connectivity index is 3.02. The largest absolute Gasteiger partial charge is 0.508 e. The number of hydrogen-bond donors (Lipinski definition) is 3. The Kier molecular flexibility index (Phi) is 3.99. The van der Waals surface area contributed by atoms with Crippen molar-refractivity contribution >= 4 is 15.9 Å². The maximum Gasteiger partial charge on any atom is 0.133 e. The van der Waals surface area contributed by atoms with E-state index >= 15 is 0 Å². The topological polar surface area (TPSA) is 66.5 Å². The van der Waals surface area contributed by atoms with E-state index in [4.69, 9.17) is 5.73 Å². The predicted molar refractivity (Wildman–Crippen MR) is 64.2 cm³/mol. The quantitative estimate of drug-likeness (QED) is 0.742. The van der Waals surface area contributed by atoms with Crippen LogP contribution in [0.3, 0.4) is 0 Å². The van der Waals surface area contributed by atoms with Gasteiger partial charge < -0.3 is 15.9 Å².